The third-order valence-electron chi connectivity index (χ3n) is 3.48. The molecule has 27 heavy (non-hydrogen) atoms. The van der Waals surface area contributed by atoms with Gasteiger partial charge in [-0.2, -0.15) is 13.2 Å². The molecule has 0 spiro atoms. The number of nitro benzene ring substituents is 1. The maximum atomic E-state index is 12.9. The van der Waals surface area contributed by atoms with E-state index >= 15 is 0 Å². The Bertz CT molecular complexity index is 896. The first-order valence-corrected chi connectivity index (χ1v) is 7.48. The van der Waals surface area contributed by atoms with Crippen LogP contribution < -0.4 is 5.32 Å². The molecule has 1 N–H and O–H groups in total. The van der Waals surface area contributed by atoms with Crippen molar-refractivity contribution in [3.8, 4) is 0 Å². The average molecular weight is 382 g/mol. The van der Waals surface area contributed by atoms with Crippen molar-refractivity contribution in [1.82, 2.24) is 0 Å². The summed E-state index contributed by atoms with van der Waals surface area (Å²) in [5, 5.41) is 13.0. The summed E-state index contributed by atoms with van der Waals surface area (Å²) in [5.74, 6) is -2.09. The number of amides is 1. The highest BCUT2D eigenvalue weighted by Crippen LogP contribution is 2.32. The Morgan fingerprint density at radius 3 is 2.44 bits per heavy atom. The molecule has 0 atom stereocenters. The molecule has 0 unspecified atom stereocenters. The van der Waals surface area contributed by atoms with Gasteiger partial charge in [-0.25, -0.2) is 4.79 Å². The minimum Gasteiger partial charge on any atom is -0.452 e. The first-order chi connectivity index (χ1) is 12.6. The van der Waals surface area contributed by atoms with Gasteiger partial charge in [0.2, 0.25) is 0 Å². The number of carbonyl (C=O) groups excluding carboxylic acids is 2. The molecule has 2 aromatic rings. The molecule has 7 nitrogen and oxygen atoms in total. The molecule has 1 amide bonds. The second-order valence-electron chi connectivity index (χ2n) is 5.42. The molecule has 2 aromatic carbocycles. The number of hydrogen-bond donors (Lipinski definition) is 1. The second kappa shape index (κ2) is 7.85. The molecule has 0 fully saturated rings. The van der Waals surface area contributed by atoms with Crippen molar-refractivity contribution >= 4 is 23.3 Å². The molecule has 0 aliphatic rings. The van der Waals surface area contributed by atoms with Crippen LogP contribution >= 0.6 is 0 Å². The van der Waals surface area contributed by atoms with Gasteiger partial charge in [-0.1, -0.05) is 12.1 Å². The summed E-state index contributed by atoms with van der Waals surface area (Å²) >= 11 is 0. The van der Waals surface area contributed by atoms with Crippen molar-refractivity contribution in [3.05, 3.63) is 69.3 Å². The van der Waals surface area contributed by atoms with Gasteiger partial charge in [0.15, 0.2) is 6.61 Å². The quantitative estimate of drug-likeness (QED) is 0.483. The number of nitrogens with zero attached hydrogens (tertiary/aromatic N) is 1. The van der Waals surface area contributed by atoms with Gasteiger partial charge in [-0.05, 0) is 30.7 Å². The number of hydrogen-bond acceptors (Lipinski definition) is 5. The van der Waals surface area contributed by atoms with Gasteiger partial charge in [0.05, 0.1) is 16.1 Å². The lowest BCUT2D eigenvalue weighted by Crippen LogP contribution is -2.22. The monoisotopic (exact) mass is 382 g/mol. The van der Waals surface area contributed by atoms with Crippen molar-refractivity contribution in [2.75, 3.05) is 11.9 Å². The van der Waals surface area contributed by atoms with E-state index in [0.717, 1.165) is 18.2 Å². The minimum absolute atomic E-state index is 0.166. The highest BCUT2D eigenvalue weighted by molar-refractivity contribution is 5.96. The minimum atomic E-state index is -4.74. The number of esters is 1. The molecule has 10 heteroatoms. The first kappa shape index (κ1) is 19.9. The fourth-order valence-electron chi connectivity index (χ4n) is 2.21. The van der Waals surface area contributed by atoms with Gasteiger partial charge in [-0.3, -0.25) is 14.9 Å². The molecule has 0 heterocycles. The molecule has 2 rings (SSSR count). The van der Waals surface area contributed by atoms with Gasteiger partial charge in [0.25, 0.3) is 11.6 Å². The van der Waals surface area contributed by atoms with Crippen LogP contribution in [0.15, 0.2) is 42.5 Å². The van der Waals surface area contributed by atoms with Crippen LogP contribution in [0.2, 0.25) is 0 Å². The van der Waals surface area contributed by atoms with Crippen LogP contribution in [0.25, 0.3) is 0 Å². The summed E-state index contributed by atoms with van der Waals surface area (Å²) in [6.07, 6.45) is -4.74. The van der Waals surface area contributed by atoms with Crippen LogP contribution in [0, 0.1) is 17.0 Å². The number of benzene rings is 2. The third kappa shape index (κ3) is 5.03. The number of nitrogens with one attached hydrogen (secondary N) is 1. The molecule has 0 aliphatic carbocycles. The Kier molecular flexibility index (Phi) is 5.78. The number of ether oxygens (including phenoxy) is 1. The van der Waals surface area contributed by atoms with Crippen LogP contribution in [0.4, 0.5) is 24.5 Å². The number of aryl methyl sites for hydroxylation is 1. The number of anilines is 1. The standard InChI is InChI=1S/C17H13F3N2O5/c1-10-8-11(22(25)26)6-7-14(10)21-15(23)9-27-16(24)12-4-2-3-5-13(12)17(18,19)20/h2-8H,9H2,1H3,(H,21,23). The fraction of sp³-hybridized carbons (Fsp3) is 0.176. The zero-order valence-electron chi connectivity index (χ0n) is 13.9. The number of nitro groups is 1. The number of rotatable bonds is 5. The van der Waals surface area contributed by atoms with Crippen molar-refractivity contribution in [2.24, 2.45) is 0 Å². The van der Waals surface area contributed by atoms with Gasteiger partial charge >= 0.3 is 12.1 Å². The lowest BCUT2D eigenvalue weighted by Gasteiger charge is -2.12. The Morgan fingerprint density at radius 1 is 1.19 bits per heavy atom. The predicted octanol–water partition coefficient (Wildman–Crippen LogP) is 3.72. The summed E-state index contributed by atoms with van der Waals surface area (Å²) in [5.41, 5.74) is -1.39. The van der Waals surface area contributed by atoms with E-state index in [4.69, 9.17) is 0 Å². The summed E-state index contributed by atoms with van der Waals surface area (Å²) in [7, 11) is 0. The van der Waals surface area contributed by atoms with E-state index in [1.807, 2.05) is 0 Å². The number of non-ortho nitro benzene ring substituents is 1. The highest BCUT2D eigenvalue weighted by atomic mass is 19.4. The van der Waals surface area contributed by atoms with Gasteiger partial charge in [0.1, 0.15) is 0 Å². The van der Waals surface area contributed by atoms with Crippen LogP contribution in [-0.4, -0.2) is 23.4 Å². The largest absolute Gasteiger partial charge is 0.452 e. The zero-order chi connectivity index (χ0) is 20.2. The normalized spacial score (nSPS) is 11.0. The van der Waals surface area contributed by atoms with E-state index in [0.29, 0.717) is 5.56 Å². The molecule has 0 radical (unpaired) electrons. The van der Waals surface area contributed by atoms with E-state index < -0.39 is 40.7 Å². The van der Waals surface area contributed by atoms with E-state index in [1.54, 1.807) is 0 Å². The van der Waals surface area contributed by atoms with E-state index in [9.17, 15) is 32.9 Å². The second-order valence-corrected chi connectivity index (χ2v) is 5.42. The molecule has 0 saturated heterocycles. The fourth-order valence-corrected chi connectivity index (χ4v) is 2.21. The van der Waals surface area contributed by atoms with Gasteiger partial charge in [0, 0.05) is 17.8 Å². The topological polar surface area (TPSA) is 98.5 Å². The smallest absolute Gasteiger partial charge is 0.417 e. The summed E-state index contributed by atoms with van der Waals surface area (Å²) in [4.78, 5) is 33.8. The van der Waals surface area contributed by atoms with Crippen molar-refractivity contribution in [1.29, 1.82) is 0 Å². The molecule has 0 aromatic heterocycles. The lowest BCUT2D eigenvalue weighted by atomic mass is 10.1. The Hall–Kier alpha value is -3.43. The van der Waals surface area contributed by atoms with Crippen LogP contribution in [0.3, 0.4) is 0 Å². The average Bonchev–Trinajstić information content (AvgIpc) is 2.60. The third-order valence-corrected chi connectivity index (χ3v) is 3.48. The predicted molar refractivity (Wildman–Crippen MR) is 88.2 cm³/mol. The molecule has 142 valence electrons. The summed E-state index contributed by atoms with van der Waals surface area (Å²) < 4.78 is 43.3. The first-order valence-electron chi connectivity index (χ1n) is 7.48. The Balaban J connectivity index is 2.02. The molecular weight excluding hydrogens is 369 g/mol. The SMILES string of the molecule is Cc1cc([N+](=O)[O-])ccc1NC(=O)COC(=O)c1ccccc1C(F)(F)F. The van der Waals surface area contributed by atoms with Crippen LogP contribution in [0.1, 0.15) is 21.5 Å². The van der Waals surface area contributed by atoms with E-state index in [-0.39, 0.29) is 11.4 Å². The van der Waals surface area contributed by atoms with E-state index in [2.05, 4.69) is 10.1 Å². The van der Waals surface area contributed by atoms with E-state index in [1.165, 1.54) is 31.2 Å². The summed E-state index contributed by atoms with van der Waals surface area (Å²) in [6.45, 7) is 0.704. The van der Waals surface area contributed by atoms with Crippen LogP contribution in [0.5, 0.6) is 0 Å². The maximum Gasteiger partial charge on any atom is 0.417 e. The Labute approximate surface area is 150 Å². The lowest BCUT2D eigenvalue weighted by molar-refractivity contribution is -0.384. The molecule has 0 aliphatic heterocycles. The zero-order valence-corrected chi connectivity index (χ0v) is 13.9. The number of carbonyl (C=O) groups is 2. The number of halogens is 3. The molecule has 0 saturated carbocycles. The maximum absolute atomic E-state index is 12.9. The van der Waals surface area contributed by atoms with Crippen molar-refractivity contribution < 1.29 is 32.4 Å². The molecular formula is C17H13F3N2O5. The van der Waals surface area contributed by atoms with Crippen molar-refractivity contribution in [2.45, 2.75) is 13.1 Å². The van der Waals surface area contributed by atoms with Crippen LogP contribution in [-0.2, 0) is 15.7 Å². The Morgan fingerprint density at radius 2 is 1.85 bits per heavy atom. The van der Waals surface area contributed by atoms with Crippen molar-refractivity contribution in [3.63, 3.8) is 0 Å². The number of alkyl halides is 3. The highest BCUT2D eigenvalue weighted by Gasteiger charge is 2.35. The van der Waals surface area contributed by atoms with Gasteiger partial charge in [-0.15, -0.1) is 0 Å². The molecule has 0 bridgehead atoms. The van der Waals surface area contributed by atoms with Gasteiger partial charge < -0.3 is 10.1 Å². The summed E-state index contributed by atoms with van der Waals surface area (Å²) in [6, 6.07) is 7.76.